The number of nitrogens with zero attached hydrogens (tertiary/aromatic N) is 1. The van der Waals surface area contributed by atoms with Gasteiger partial charge >= 0.3 is 0 Å². The first-order valence-electron chi connectivity index (χ1n) is 5.54. The Bertz CT molecular complexity index is 294. The van der Waals surface area contributed by atoms with E-state index in [-0.39, 0.29) is 0 Å². The number of rotatable bonds is 7. The summed E-state index contributed by atoms with van der Waals surface area (Å²) in [7, 11) is 0. The summed E-state index contributed by atoms with van der Waals surface area (Å²) < 4.78 is 5.49. The molecule has 0 aliphatic carbocycles. The zero-order chi connectivity index (χ0) is 11.1. The number of hydrogen-bond acceptors (Lipinski definition) is 3. The third-order valence-corrected chi connectivity index (χ3v) is 2.36. The van der Waals surface area contributed by atoms with Crippen molar-refractivity contribution in [1.82, 2.24) is 10.3 Å². The molecular formula is C12H20N2O. The van der Waals surface area contributed by atoms with E-state index in [1.807, 2.05) is 6.08 Å². The molecule has 1 aromatic heterocycles. The monoisotopic (exact) mass is 208 g/mol. The van der Waals surface area contributed by atoms with Crippen molar-refractivity contribution in [3.63, 3.8) is 0 Å². The van der Waals surface area contributed by atoms with Crippen LogP contribution in [-0.2, 0) is 13.0 Å². The summed E-state index contributed by atoms with van der Waals surface area (Å²) in [5.74, 6) is 1.72. The second kappa shape index (κ2) is 6.40. The fraction of sp³-hybridized carbons (Fsp3) is 0.583. The molecule has 0 bridgehead atoms. The minimum Gasteiger partial charge on any atom is -0.444 e. The van der Waals surface area contributed by atoms with Crippen LogP contribution in [0.5, 0.6) is 0 Å². The first kappa shape index (κ1) is 12.0. The van der Waals surface area contributed by atoms with Crippen molar-refractivity contribution in [2.45, 2.75) is 45.7 Å². The maximum Gasteiger partial charge on any atom is 0.208 e. The lowest BCUT2D eigenvalue weighted by atomic mass is 10.2. The van der Waals surface area contributed by atoms with Gasteiger partial charge in [-0.15, -0.1) is 6.58 Å². The Balaban J connectivity index is 2.26. The lowest BCUT2D eigenvalue weighted by Crippen LogP contribution is -2.25. The van der Waals surface area contributed by atoms with E-state index in [0.29, 0.717) is 12.6 Å². The zero-order valence-electron chi connectivity index (χ0n) is 9.62. The van der Waals surface area contributed by atoms with E-state index in [9.17, 15) is 0 Å². The number of aryl methyl sites for hydroxylation is 1. The van der Waals surface area contributed by atoms with Crippen molar-refractivity contribution < 1.29 is 4.42 Å². The number of hydrogen-bond donors (Lipinski definition) is 1. The molecule has 0 aliphatic rings. The van der Waals surface area contributed by atoms with Crippen LogP contribution < -0.4 is 5.32 Å². The number of allylic oxidation sites excluding steroid dienone is 1. The third kappa shape index (κ3) is 4.30. The average Bonchev–Trinajstić information content (AvgIpc) is 2.71. The number of oxazole rings is 1. The minimum atomic E-state index is 0.472. The van der Waals surface area contributed by atoms with Gasteiger partial charge in [-0.1, -0.05) is 13.0 Å². The Kier molecular flexibility index (Phi) is 5.12. The van der Waals surface area contributed by atoms with Crippen LogP contribution in [0.25, 0.3) is 0 Å². The van der Waals surface area contributed by atoms with Crippen LogP contribution >= 0.6 is 0 Å². The molecular weight excluding hydrogens is 188 g/mol. The van der Waals surface area contributed by atoms with Crippen LogP contribution in [0.1, 0.15) is 38.3 Å². The van der Waals surface area contributed by atoms with E-state index in [1.165, 1.54) is 0 Å². The van der Waals surface area contributed by atoms with E-state index in [4.69, 9.17) is 4.42 Å². The number of nitrogens with one attached hydrogen (secondary N) is 1. The van der Waals surface area contributed by atoms with Crippen LogP contribution in [0.4, 0.5) is 0 Å². The summed E-state index contributed by atoms with van der Waals surface area (Å²) in [6.45, 7) is 8.63. The van der Waals surface area contributed by atoms with Gasteiger partial charge in [-0.25, -0.2) is 4.98 Å². The summed E-state index contributed by atoms with van der Waals surface area (Å²) in [5, 5.41) is 3.37. The summed E-state index contributed by atoms with van der Waals surface area (Å²) in [6, 6.07) is 0.472. The molecule has 3 heteroatoms. The predicted molar refractivity (Wildman–Crippen MR) is 61.6 cm³/mol. The molecule has 0 fully saturated rings. The maximum atomic E-state index is 5.49. The highest BCUT2D eigenvalue weighted by molar-refractivity contribution is 4.93. The molecule has 1 atom stereocenters. The van der Waals surface area contributed by atoms with Crippen LogP contribution in [-0.4, -0.2) is 11.0 Å². The topological polar surface area (TPSA) is 38.1 Å². The fourth-order valence-corrected chi connectivity index (χ4v) is 1.32. The van der Waals surface area contributed by atoms with E-state index in [1.54, 1.807) is 6.20 Å². The summed E-state index contributed by atoms with van der Waals surface area (Å²) in [4.78, 5) is 4.19. The van der Waals surface area contributed by atoms with Gasteiger partial charge in [-0.05, 0) is 19.8 Å². The highest BCUT2D eigenvalue weighted by Crippen LogP contribution is 2.05. The summed E-state index contributed by atoms with van der Waals surface area (Å²) in [5.41, 5.74) is 0. The molecule has 1 heterocycles. The highest BCUT2D eigenvalue weighted by Gasteiger charge is 2.04. The lowest BCUT2D eigenvalue weighted by Gasteiger charge is -2.10. The molecule has 0 aromatic carbocycles. The van der Waals surface area contributed by atoms with Crippen LogP contribution in [0.2, 0.25) is 0 Å². The van der Waals surface area contributed by atoms with Gasteiger partial charge in [-0.3, -0.25) is 0 Å². The van der Waals surface area contributed by atoms with Gasteiger partial charge in [0.15, 0.2) is 0 Å². The molecule has 0 spiro atoms. The first-order valence-corrected chi connectivity index (χ1v) is 5.54. The Morgan fingerprint density at radius 3 is 3.07 bits per heavy atom. The van der Waals surface area contributed by atoms with Gasteiger partial charge in [0.25, 0.3) is 0 Å². The van der Waals surface area contributed by atoms with Crippen molar-refractivity contribution in [3.8, 4) is 0 Å². The molecule has 0 aliphatic heterocycles. The molecule has 1 unspecified atom stereocenters. The van der Waals surface area contributed by atoms with Gasteiger partial charge in [0.1, 0.15) is 5.76 Å². The molecule has 3 nitrogen and oxygen atoms in total. The SMILES string of the molecule is C=CCCC(C)NCc1ncc(CC)o1. The van der Waals surface area contributed by atoms with Crippen molar-refractivity contribution in [2.24, 2.45) is 0 Å². The second-order valence-corrected chi connectivity index (χ2v) is 3.72. The molecule has 1 N–H and O–H groups in total. The van der Waals surface area contributed by atoms with Crippen LogP contribution in [0, 0.1) is 0 Å². The maximum absolute atomic E-state index is 5.49. The van der Waals surface area contributed by atoms with Crippen molar-refractivity contribution in [1.29, 1.82) is 0 Å². The Labute approximate surface area is 91.6 Å². The van der Waals surface area contributed by atoms with E-state index in [2.05, 4.69) is 30.7 Å². The molecule has 15 heavy (non-hydrogen) atoms. The summed E-state index contributed by atoms with van der Waals surface area (Å²) in [6.07, 6.45) is 6.79. The molecule has 1 rings (SSSR count). The van der Waals surface area contributed by atoms with E-state index < -0.39 is 0 Å². The smallest absolute Gasteiger partial charge is 0.208 e. The first-order chi connectivity index (χ1) is 7.26. The Hall–Kier alpha value is -1.09. The van der Waals surface area contributed by atoms with E-state index in [0.717, 1.165) is 30.9 Å². The van der Waals surface area contributed by atoms with Crippen molar-refractivity contribution in [3.05, 3.63) is 30.5 Å². The second-order valence-electron chi connectivity index (χ2n) is 3.72. The van der Waals surface area contributed by atoms with Crippen LogP contribution in [0.15, 0.2) is 23.3 Å². The normalized spacial score (nSPS) is 12.7. The molecule has 1 aromatic rings. The lowest BCUT2D eigenvalue weighted by molar-refractivity contribution is 0.415. The minimum absolute atomic E-state index is 0.472. The predicted octanol–water partition coefficient (Wildman–Crippen LogP) is 2.68. The van der Waals surface area contributed by atoms with Crippen molar-refractivity contribution >= 4 is 0 Å². The Morgan fingerprint density at radius 1 is 1.67 bits per heavy atom. The van der Waals surface area contributed by atoms with Gasteiger partial charge in [0, 0.05) is 12.5 Å². The molecule has 0 amide bonds. The molecule has 84 valence electrons. The van der Waals surface area contributed by atoms with Gasteiger partial charge in [0.2, 0.25) is 5.89 Å². The summed E-state index contributed by atoms with van der Waals surface area (Å²) >= 11 is 0. The highest BCUT2D eigenvalue weighted by atomic mass is 16.4. The van der Waals surface area contributed by atoms with Crippen molar-refractivity contribution in [2.75, 3.05) is 0 Å². The van der Waals surface area contributed by atoms with Gasteiger partial charge < -0.3 is 9.73 Å². The fourth-order valence-electron chi connectivity index (χ4n) is 1.32. The molecule has 0 radical (unpaired) electrons. The quantitative estimate of drug-likeness (QED) is 0.700. The molecule has 0 saturated carbocycles. The third-order valence-electron chi connectivity index (χ3n) is 2.36. The van der Waals surface area contributed by atoms with Crippen LogP contribution in [0.3, 0.4) is 0 Å². The Morgan fingerprint density at radius 2 is 2.47 bits per heavy atom. The molecule has 0 saturated heterocycles. The average molecular weight is 208 g/mol. The largest absolute Gasteiger partial charge is 0.444 e. The standard InChI is InChI=1S/C12H20N2O/c1-4-6-7-10(3)13-9-12-14-8-11(5-2)15-12/h4,8,10,13H,1,5-7,9H2,2-3H3. The number of aromatic nitrogens is 1. The van der Waals surface area contributed by atoms with Gasteiger partial charge in [0.05, 0.1) is 12.7 Å². The van der Waals surface area contributed by atoms with Gasteiger partial charge in [-0.2, -0.15) is 0 Å². The van der Waals surface area contributed by atoms with E-state index >= 15 is 0 Å². The zero-order valence-corrected chi connectivity index (χ0v) is 9.62.